The Bertz CT molecular complexity index is 255. The van der Waals surface area contributed by atoms with Crippen molar-refractivity contribution in [1.82, 2.24) is 9.66 Å². The van der Waals surface area contributed by atoms with Gasteiger partial charge in [0.05, 0.1) is 0 Å². The minimum Gasteiger partial charge on any atom is -0.350 e. The molecule has 0 saturated carbocycles. The highest BCUT2D eigenvalue weighted by Gasteiger charge is 2.07. The van der Waals surface area contributed by atoms with E-state index < -0.39 is 6.03 Å². The van der Waals surface area contributed by atoms with Crippen LogP contribution in [0, 0.1) is 0 Å². The van der Waals surface area contributed by atoms with Gasteiger partial charge in [-0.3, -0.25) is 4.79 Å². The largest absolute Gasteiger partial charge is 0.350 e. The Morgan fingerprint density at radius 1 is 1.73 bits per heavy atom. The Hall–Kier alpha value is -1.85. The summed E-state index contributed by atoms with van der Waals surface area (Å²) in [5.74, 6) is 0. The second kappa shape index (κ2) is 2.82. The van der Waals surface area contributed by atoms with Crippen LogP contribution >= 0.6 is 0 Å². The molecule has 1 aromatic heterocycles. The Balaban J connectivity index is 2.88. The summed E-state index contributed by atoms with van der Waals surface area (Å²) in [6, 6.07) is -0.849. The molecular formula is C5H6N4O2. The van der Waals surface area contributed by atoms with E-state index in [1.807, 2.05) is 0 Å². The maximum absolute atomic E-state index is 10.5. The predicted octanol–water partition coefficient (Wildman–Crippen LogP) is -0.944. The first-order valence-corrected chi connectivity index (χ1v) is 2.78. The SMILES string of the molecule is NC(=O)N(C=O)n1ccnc1. The predicted molar refractivity (Wildman–Crippen MR) is 36.1 cm³/mol. The van der Waals surface area contributed by atoms with Crippen LogP contribution in [0.25, 0.3) is 0 Å². The van der Waals surface area contributed by atoms with E-state index in [1.165, 1.54) is 23.4 Å². The van der Waals surface area contributed by atoms with Gasteiger partial charge in [-0.25, -0.2) is 14.5 Å². The van der Waals surface area contributed by atoms with Crippen LogP contribution in [0.3, 0.4) is 0 Å². The van der Waals surface area contributed by atoms with E-state index in [0.29, 0.717) is 11.4 Å². The molecule has 1 rings (SSSR count). The molecular weight excluding hydrogens is 148 g/mol. The summed E-state index contributed by atoms with van der Waals surface area (Å²) in [6.45, 7) is 0. The molecule has 0 aliphatic heterocycles. The fraction of sp³-hybridized carbons (Fsp3) is 0. The second-order valence-electron chi connectivity index (χ2n) is 1.73. The van der Waals surface area contributed by atoms with E-state index in [0.717, 1.165) is 0 Å². The van der Waals surface area contributed by atoms with Crippen LogP contribution in [-0.4, -0.2) is 22.1 Å². The highest BCUT2D eigenvalue weighted by Crippen LogP contribution is 1.86. The summed E-state index contributed by atoms with van der Waals surface area (Å²) in [7, 11) is 0. The molecule has 0 unspecified atom stereocenters. The van der Waals surface area contributed by atoms with E-state index >= 15 is 0 Å². The maximum atomic E-state index is 10.5. The van der Waals surface area contributed by atoms with Gasteiger partial charge in [0.25, 0.3) is 0 Å². The van der Waals surface area contributed by atoms with Gasteiger partial charge in [0, 0.05) is 12.4 Å². The maximum Gasteiger partial charge on any atom is 0.341 e. The van der Waals surface area contributed by atoms with Gasteiger partial charge in [-0.05, 0) is 0 Å². The Labute approximate surface area is 62.2 Å². The Kier molecular flexibility index (Phi) is 1.86. The fourth-order valence-electron chi connectivity index (χ4n) is 0.600. The molecule has 0 aliphatic carbocycles. The Morgan fingerprint density at radius 2 is 2.45 bits per heavy atom. The van der Waals surface area contributed by atoms with E-state index in [9.17, 15) is 9.59 Å². The van der Waals surface area contributed by atoms with Crippen molar-refractivity contribution >= 4 is 12.4 Å². The molecule has 6 heteroatoms. The molecule has 0 aromatic carbocycles. The van der Waals surface area contributed by atoms with Crippen LogP contribution in [0.5, 0.6) is 0 Å². The zero-order valence-electron chi connectivity index (χ0n) is 5.54. The van der Waals surface area contributed by atoms with Gasteiger partial charge >= 0.3 is 6.03 Å². The number of rotatable bonds is 2. The molecule has 0 saturated heterocycles. The molecule has 0 radical (unpaired) electrons. The molecule has 0 fully saturated rings. The fourth-order valence-corrected chi connectivity index (χ4v) is 0.600. The number of nitrogens with zero attached hydrogens (tertiary/aromatic N) is 3. The summed E-state index contributed by atoms with van der Waals surface area (Å²) in [6.07, 6.45) is 4.46. The van der Waals surface area contributed by atoms with Crippen LogP contribution in [-0.2, 0) is 4.79 Å². The number of urea groups is 1. The van der Waals surface area contributed by atoms with Crippen molar-refractivity contribution in [3.63, 3.8) is 0 Å². The van der Waals surface area contributed by atoms with Crippen molar-refractivity contribution in [2.75, 3.05) is 5.01 Å². The lowest BCUT2D eigenvalue weighted by Gasteiger charge is -2.11. The number of carbonyl (C=O) groups excluding carboxylic acids is 2. The smallest absolute Gasteiger partial charge is 0.341 e. The summed E-state index contributed by atoms with van der Waals surface area (Å²) >= 11 is 0. The quantitative estimate of drug-likeness (QED) is 0.558. The summed E-state index contributed by atoms with van der Waals surface area (Å²) in [5, 5.41) is 0.688. The Morgan fingerprint density at radius 3 is 2.82 bits per heavy atom. The lowest BCUT2D eigenvalue weighted by molar-refractivity contribution is -0.108. The van der Waals surface area contributed by atoms with Gasteiger partial charge in [-0.2, -0.15) is 5.01 Å². The van der Waals surface area contributed by atoms with Gasteiger partial charge in [0.1, 0.15) is 6.33 Å². The number of carbonyl (C=O) groups is 2. The molecule has 0 atom stereocenters. The molecule has 3 amide bonds. The molecule has 1 heterocycles. The van der Waals surface area contributed by atoms with E-state index in [4.69, 9.17) is 5.73 Å². The number of imide groups is 1. The van der Waals surface area contributed by atoms with Gasteiger partial charge < -0.3 is 5.73 Å². The first-order chi connectivity index (χ1) is 5.25. The number of hydrogen-bond acceptors (Lipinski definition) is 3. The zero-order valence-corrected chi connectivity index (χ0v) is 5.54. The van der Waals surface area contributed by atoms with E-state index in [1.54, 1.807) is 0 Å². The number of hydrogen-bond donors (Lipinski definition) is 1. The molecule has 0 bridgehead atoms. The molecule has 2 N–H and O–H groups in total. The average molecular weight is 154 g/mol. The highest BCUT2D eigenvalue weighted by atomic mass is 16.2. The third kappa shape index (κ3) is 1.34. The number of aromatic nitrogens is 2. The number of nitrogens with two attached hydrogens (primary N) is 1. The number of imidazole rings is 1. The zero-order chi connectivity index (χ0) is 8.27. The number of primary amides is 1. The van der Waals surface area contributed by atoms with Crippen molar-refractivity contribution < 1.29 is 9.59 Å². The average Bonchev–Trinajstić information content (AvgIpc) is 2.40. The monoisotopic (exact) mass is 154 g/mol. The molecule has 0 spiro atoms. The first kappa shape index (κ1) is 7.26. The van der Waals surface area contributed by atoms with Crippen molar-refractivity contribution in [2.45, 2.75) is 0 Å². The van der Waals surface area contributed by atoms with Crippen LogP contribution in [0.4, 0.5) is 4.79 Å². The van der Waals surface area contributed by atoms with Crippen LogP contribution < -0.4 is 10.7 Å². The van der Waals surface area contributed by atoms with Gasteiger partial charge in [-0.1, -0.05) is 0 Å². The van der Waals surface area contributed by atoms with Crippen LogP contribution in [0.2, 0.25) is 0 Å². The van der Waals surface area contributed by atoms with E-state index in [-0.39, 0.29) is 0 Å². The second-order valence-corrected chi connectivity index (χ2v) is 1.73. The highest BCUT2D eigenvalue weighted by molar-refractivity contribution is 5.96. The lowest BCUT2D eigenvalue weighted by Crippen LogP contribution is -2.42. The van der Waals surface area contributed by atoms with Crippen LogP contribution in [0.15, 0.2) is 18.7 Å². The van der Waals surface area contributed by atoms with Crippen molar-refractivity contribution in [1.29, 1.82) is 0 Å². The summed E-state index contributed by atoms with van der Waals surface area (Å²) in [5.41, 5.74) is 4.85. The normalized spacial score (nSPS) is 9.09. The summed E-state index contributed by atoms with van der Waals surface area (Å²) < 4.78 is 1.18. The summed E-state index contributed by atoms with van der Waals surface area (Å²) in [4.78, 5) is 24.3. The van der Waals surface area contributed by atoms with Gasteiger partial charge in [0.15, 0.2) is 0 Å². The first-order valence-electron chi connectivity index (χ1n) is 2.78. The van der Waals surface area contributed by atoms with Crippen molar-refractivity contribution in [3.8, 4) is 0 Å². The van der Waals surface area contributed by atoms with Crippen molar-refractivity contribution in [3.05, 3.63) is 18.7 Å². The molecule has 6 nitrogen and oxygen atoms in total. The molecule has 58 valence electrons. The third-order valence-corrected chi connectivity index (χ3v) is 1.06. The minimum absolute atomic E-state index is 0.310. The van der Waals surface area contributed by atoms with Crippen molar-refractivity contribution in [2.24, 2.45) is 5.73 Å². The topological polar surface area (TPSA) is 81.2 Å². The lowest BCUT2D eigenvalue weighted by atomic mass is 10.9. The molecule has 1 aromatic rings. The third-order valence-electron chi connectivity index (χ3n) is 1.06. The standard InChI is InChI=1S/C5H6N4O2/c6-5(11)9(4-10)8-2-1-7-3-8/h1-4H,(H2,6,11). The molecule has 0 aliphatic rings. The number of amides is 3. The van der Waals surface area contributed by atoms with E-state index in [2.05, 4.69) is 4.98 Å². The van der Waals surface area contributed by atoms with Gasteiger partial charge in [-0.15, -0.1) is 0 Å². The molecule has 11 heavy (non-hydrogen) atoms. The van der Waals surface area contributed by atoms with Gasteiger partial charge in [0.2, 0.25) is 6.41 Å². The minimum atomic E-state index is -0.849. The van der Waals surface area contributed by atoms with Crippen LogP contribution in [0.1, 0.15) is 0 Å².